The van der Waals surface area contributed by atoms with Gasteiger partial charge < -0.3 is 9.73 Å². The van der Waals surface area contributed by atoms with Gasteiger partial charge in [0.2, 0.25) is 5.91 Å². The molecular formula is C18H11Cl2NO3. The van der Waals surface area contributed by atoms with E-state index in [1.807, 2.05) is 6.07 Å². The van der Waals surface area contributed by atoms with Crippen LogP contribution in [0.2, 0.25) is 10.0 Å². The molecule has 0 saturated heterocycles. The third-order valence-corrected chi connectivity index (χ3v) is 4.13. The minimum Gasteiger partial charge on any atom is -0.421 e. The van der Waals surface area contributed by atoms with E-state index in [-0.39, 0.29) is 5.69 Å². The molecule has 0 unspecified atom stereocenters. The lowest BCUT2D eigenvalue weighted by molar-refractivity contribution is -0.111. The number of rotatable bonds is 3. The van der Waals surface area contributed by atoms with Crippen molar-refractivity contribution in [3.8, 4) is 0 Å². The van der Waals surface area contributed by atoms with E-state index < -0.39 is 11.5 Å². The van der Waals surface area contributed by atoms with E-state index in [0.29, 0.717) is 26.6 Å². The molecule has 3 rings (SSSR count). The van der Waals surface area contributed by atoms with Gasteiger partial charge in [0.25, 0.3) is 0 Å². The highest BCUT2D eigenvalue weighted by Gasteiger charge is 2.07. The van der Waals surface area contributed by atoms with Crippen LogP contribution in [0, 0.1) is 0 Å². The summed E-state index contributed by atoms with van der Waals surface area (Å²) in [4.78, 5) is 23.9. The highest BCUT2D eigenvalue weighted by atomic mass is 35.5. The van der Waals surface area contributed by atoms with Crippen molar-refractivity contribution < 1.29 is 9.21 Å². The van der Waals surface area contributed by atoms with Crippen molar-refractivity contribution in [2.75, 3.05) is 5.32 Å². The lowest BCUT2D eigenvalue weighted by Crippen LogP contribution is -2.15. The number of benzene rings is 2. The summed E-state index contributed by atoms with van der Waals surface area (Å²) in [5, 5.41) is 3.97. The number of halogens is 2. The summed E-state index contributed by atoms with van der Waals surface area (Å²) in [5.41, 5.74) is 0.517. The minimum atomic E-state index is -0.615. The standard InChI is InChI=1S/C18H11Cl2NO3/c19-13-6-3-5-11(17(13)20)8-9-16(22)21-14-10-12-4-1-2-7-15(12)24-18(14)23/h1-10H,(H,21,22). The number of hydrogen-bond donors (Lipinski definition) is 1. The second-order valence-electron chi connectivity index (χ2n) is 4.95. The maximum Gasteiger partial charge on any atom is 0.360 e. The van der Waals surface area contributed by atoms with E-state index in [9.17, 15) is 9.59 Å². The molecule has 0 radical (unpaired) electrons. The molecule has 120 valence electrons. The Morgan fingerprint density at radius 3 is 2.71 bits per heavy atom. The van der Waals surface area contributed by atoms with E-state index in [4.69, 9.17) is 27.6 Å². The normalized spacial score (nSPS) is 11.1. The monoisotopic (exact) mass is 359 g/mol. The third kappa shape index (κ3) is 3.50. The molecule has 0 fully saturated rings. The molecule has 1 heterocycles. The first kappa shape index (κ1) is 16.3. The summed E-state index contributed by atoms with van der Waals surface area (Å²) < 4.78 is 5.16. The number of para-hydroxylation sites is 1. The molecule has 2 aromatic carbocycles. The van der Waals surface area contributed by atoms with Crippen molar-refractivity contribution in [2.45, 2.75) is 0 Å². The molecule has 4 nitrogen and oxygen atoms in total. The second kappa shape index (κ2) is 6.91. The first-order valence-electron chi connectivity index (χ1n) is 7.00. The molecular weight excluding hydrogens is 349 g/mol. The zero-order valence-corrected chi connectivity index (χ0v) is 13.8. The third-order valence-electron chi connectivity index (χ3n) is 3.30. The highest BCUT2D eigenvalue weighted by molar-refractivity contribution is 6.42. The van der Waals surface area contributed by atoms with Crippen LogP contribution in [0.5, 0.6) is 0 Å². The summed E-state index contributed by atoms with van der Waals surface area (Å²) in [6.07, 6.45) is 2.79. The van der Waals surface area contributed by atoms with Crippen LogP contribution in [0.1, 0.15) is 5.56 Å². The molecule has 1 N–H and O–H groups in total. The predicted octanol–water partition coefficient (Wildman–Crippen LogP) is 4.75. The van der Waals surface area contributed by atoms with E-state index in [2.05, 4.69) is 5.32 Å². The van der Waals surface area contributed by atoms with Crippen LogP contribution >= 0.6 is 23.2 Å². The molecule has 0 aliphatic carbocycles. The molecule has 0 atom stereocenters. The highest BCUT2D eigenvalue weighted by Crippen LogP contribution is 2.26. The summed E-state index contributed by atoms with van der Waals surface area (Å²) in [6, 6.07) is 13.7. The van der Waals surface area contributed by atoms with E-state index in [1.165, 1.54) is 12.2 Å². The van der Waals surface area contributed by atoms with Gasteiger partial charge in [0, 0.05) is 11.5 Å². The SMILES string of the molecule is O=C(C=Cc1cccc(Cl)c1Cl)Nc1cc2ccccc2oc1=O. The molecule has 0 aliphatic rings. The molecule has 0 spiro atoms. The van der Waals surface area contributed by atoms with E-state index in [0.717, 1.165) is 0 Å². The fourth-order valence-electron chi connectivity index (χ4n) is 2.14. The molecule has 0 bridgehead atoms. The van der Waals surface area contributed by atoms with Gasteiger partial charge in [-0.2, -0.15) is 0 Å². The number of amides is 1. The number of nitrogens with one attached hydrogen (secondary N) is 1. The van der Waals surface area contributed by atoms with E-state index in [1.54, 1.807) is 42.5 Å². The number of anilines is 1. The Kier molecular flexibility index (Phi) is 4.69. The van der Waals surface area contributed by atoms with Gasteiger partial charge in [-0.3, -0.25) is 4.79 Å². The number of hydrogen-bond acceptors (Lipinski definition) is 3. The average Bonchev–Trinajstić information content (AvgIpc) is 2.57. The Hall–Kier alpha value is -2.56. The molecule has 3 aromatic rings. The summed E-state index contributed by atoms with van der Waals surface area (Å²) in [7, 11) is 0. The van der Waals surface area contributed by atoms with Gasteiger partial charge in [0.1, 0.15) is 11.3 Å². The van der Waals surface area contributed by atoms with E-state index >= 15 is 0 Å². The van der Waals surface area contributed by atoms with Crippen LogP contribution in [0.3, 0.4) is 0 Å². The molecule has 1 aromatic heterocycles. The molecule has 0 aliphatic heterocycles. The Labute approximate surface area is 147 Å². The lowest BCUT2D eigenvalue weighted by Gasteiger charge is -2.03. The van der Waals surface area contributed by atoms with Crippen LogP contribution in [0.4, 0.5) is 5.69 Å². The summed E-state index contributed by atoms with van der Waals surface area (Å²) in [5.74, 6) is -0.478. The Bertz CT molecular complexity index is 1010. The second-order valence-corrected chi connectivity index (χ2v) is 5.74. The first-order chi connectivity index (χ1) is 11.5. The van der Waals surface area contributed by atoms with Crippen LogP contribution in [0.25, 0.3) is 17.0 Å². The molecule has 1 amide bonds. The first-order valence-corrected chi connectivity index (χ1v) is 7.76. The van der Waals surface area contributed by atoms with Crippen LogP contribution in [-0.2, 0) is 4.79 Å². The summed E-state index contributed by atoms with van der Waals surface area (Å²) >= 11 is 12.0. The zero-order chi connectivity index (χ0) is 17.1. The fraction of sp³-hybridized carbons (Fsp3) is 0. The molecule has 6 heteroatoms. The van der Waals surface area contributed by atoms with Gasteiger partial charge in [0.15, 0.2) is 0 Å². The predicted molar refractivity (Wildman–Crippen MR) is 96.6 cm³/mol. The topological polar surface area (TPSA) is 59.3 Å². The van der Waals surface area contributed by atoms with Crippen molar-refractivity contribution >= 4 is 51.8 Å². The van der Waals surface area contributed by atoms with Crippen LogP contribution in [0.15, 0.2) is 63.8 Å². The van der Waals surface area contributed by atoms with Crippen molar-refractivity contribution in [3.63, 3.8) is 0 Å². The smallest absolute Gasteiger partial charge is 0.360 e. The van der Waals surface area contributed by atoms with Gasteiger partial charge >= 0.3 is 5.63 Å². The minimum absolute atomic E-state index is 0.0699. The quantitative estimate of drug-likeness (QED) is 0.542. The maximum atomic E-state index is 12.0. The van der Waals surface area contributed by atoms with Crippen molar-refractivity contribution in [1.29, 1.82) is 0 Å². The summed E-state index contributed by atoms with van der Waals surface area (Å²) in [6.45, 7) is 0. The van der Waals surface area contributed by atoms with Gasteiger partial charge in [-0.15, -0.1) is 0 Å². The van der Waals surface area contributed by atoms with Gasteiger partial charge in [-0.1, -0.05) is 53.5 Å². The zero-order valence-electron chi connectivity index (χ0n) is 12.3. The van der Waals surface area contributed by atoms with Crippen LogP contribution < -0.4 is 10.9 Å². The maximum absolute atomic E-state index is 12.0. The van der Waals surface area contributed by atoms with Crippen LogP contribution in [-0.4, -0.2) is 5.91 Å². The Balaban J connectivity index is 1.82. The van der Waals surface area contributed by atoms with Crippen molar-refractivity contribution in [1.82, 2.24) is 0 Å². The van der Waals surface area contributed by atoms with Gasteiger partial charge in [-0.05, 0) is 29.8 Å². The number of carbonyl (C=O) groups excluding carboxylic acids is 1. The molecule has 0 saturated carbocycles. The largest absolute Gasteiger partial charge is 0.421 e. The van der Waals surface area contributed by atoms with Gasteiger partial charge in [0.05, 0.1) is 10.0 Å². The van der Waals surface area contributed by atoms with Crippen molar-refractivity contribution in [3.05, 3.63) is 80.6 Å². The average molecular weight is 360 g/mol. The van der Waals surface area contributed by atoms with Crippen molar-refractivity contribution in [2.24, 2.45) is 0 Å². The lowest BCUT2D eigenvalue weighted by atomic mass is 10.2. The molecule has 24 heavy (non-hydrogen) atoms. The number of fused-ring (bicyclic) bond motifs is 1. The Morgan fingerprint density at radius 1 is 1.08 bits per heavy atom. The number of carbonyl (C=O) groups is 1. The fourth-order valence-corrected chi connectivity index (χ4v) is 2.51. The Morgan fingerprint density at radius 2 is 1.88 bits per heavy atom. The van der Waals surface area contributed by atoms with Gasteiger partial charge in [-0.25, -0.2) is 4.79 Å².